The van der Waals surface area contributed by atoms with Crippen LogP contribution in [0.4, 0.5) is 13.2 Å². The zero-order valence-corrected chi connectivity index (χ0v) is 22.1. The molecule has 0 radical (unpaired) electrons. The molecule has 1 heterocycles. The van der Waals surface area contributed by atoms with Gasteiger partial charge in [-0.25, -0.2) is 0 Å². The summed E-state index contributed by atoms with van der Waals surface area (Å²) in [7, 11) is 0. The van der Waals surface area contributed by atoms with Gasteiger partial charge in [-0.15, -0.1) is 44.6 Å². The second-order valence-electron chi connectivity index (χ2n) is 9.81. The van der Waals surface area contributed by atoms with E-state index in [2.05, 4.69) is 45.4 Å². The Labute approximate surface area is 224 Å². The van der Waals surface area contributed by atoms with Crippen molar-refractivity contribution < 1.29 is 23.0 Å². The van der Waals surface area contributed by atoms with E-state index in [9.17, 15) is 18.3 Å². The Bertz CT molecular complexity index is 911. The van der Waals surface area contributed by atoms with Gasteiger partial charge in [0.25, 0.3) is 0 Å². The van der Waals surface area contributed by atoms with E-state index in [-0.39, 0.29) is 42.0 Å². The Morgan fingerprint density at radius 2 is 1.75 bits per heavy atom. The van der Waals surface area contributed by atoms with E-state index in [4.69, 9.17) is 0 Å². The highest BCUT2D eigenvalue weighted by atomic mass is 35.5. The number of nitrogens with zero attached hydrogens (tertiary/aromatic N) is 2. The number of alkyl halides is 3. The van der Waals surface area contributed by atoms with Gasteiger partial charge in [-0.1, -0.05) is 61.8 Å². The molecule has 1 N–H and O–H groups in total. The molecular formula is C27H37Cl2F3N2O2. The van der Waals surface area contributed by atoms with Gasteiger partial charge >= 0.3 is 6.36 Å². The monoisotopic (exact) mass is 548 g/mol. The molecule has 3 aliphatic rings. The molecule has 2 atom stereocenters. The molecule has 2 aliphatic carbocycles. The average Bonchev–Trinajstić information content (AvgIpc) is 2.83. The zero-order valence-electron chi connectivity index (χ0n) is 20.5. The minimum atomic E-state index is -4.74. The van der Waals surface area contributed by atoms with Crippen LogP contribution in [0, 0.1) is 0 Å². The summed E-state index contributed by atoms with van der Waals surface area (Å²) in [5, 5.41) is 11.6. The molecule has 36 heavy (non-hydrogen) atoms. The summed E-state index contributed by atoms with van der Waals surface area (Å²) in [6.45, 7) is 8.08. The van der Waals surface area contributed by atoms with Gasteiger partial charge in [0.2, 0.25) is 0 Å². The van der Waals surface area contributed by atoms with E-state index in [0.717, 1.165) is 51.9 Å². The van der Waals surface area contributed by atoms with E-state index < -0.39 is 12.0 Å². The van der Waals surface area contributed by atoms with Crippen LogP contribution in [-0.4, -0.2) is 65.1 Å². The summed E-state index contributed by atoms with van der Waals surface area (Å²) in [5.74, 6) is -0.508. The third-order valence-corrected chi connectivity index (χ3v) is 7.69. The minimum absolute atomic E-state index is 0. The molecule has 0 spiro atoms. The summed E-state index contributed by atoms with van der Waals surface area (Å²) in [6, 6.07) is 6.18. The SMILES string of the molecule is C=C[C@@]1(N2CCN(CC(c3cccc(OC(F)(F)F)c3)C3(O)CCCCC3)CC2)C=CC=CC1.Cl.Cl. The number of ether oxygens (including phenoxy) is 1. The zero-order chi connectivity index (χ0) is 24.2. The van der Waals surface area contributed by atoms with E-state index in [0.29, 0.717) is 24.9 Å². The molecule has 4 nitrogen and oxygen atoms in total. The fraction of sp³-hybridized carbons (Fsp3) is 0.556. The van der Waals surface area contributed by atoms with Crippen molar-refractivity contribution in [3.05, 3.63) is 66.8 Å². The highest BCUT2D eigenvalue weighted by Gasteiger charge is 2.41. The summed E-state index contributed by atoms with van der Waals surface area (Å²) in [4.78, 5) is 4.78. The normalized spacial score (nSPS) is 25.3. The second kappa shape index (κ2) is 12.8. The molecule has 4 rings (SSSR count). The van der Waals surface area contributed by atoms with Gasteiger partial charge in [0.15, 0.2) is 0 Å². The van der Waals surface area contributed by atoms with Crippen molar-refractivity contribution in [1.29, 1.82) is 0 Å². The quantitative estimate of drug-likeness (QED) is 0.407. The number of halogens is 5. The molecule has 1 aromatic rings. The van der Waals surface area contributed by atoms with Gasteiger partial charge in [0, 0.05) is 38.6 Å². The predicted octanol–water partition coefficient (Wildman–Crippen LogP) is 6.27. The van der Waals surface area contributed by atoms with Crippen LogP contribution in [0.2, 0.25) is 0 Å². The third kappa shape index (κ3) is 7.29. The lowest BCUT2D eigenvalue weighted by molar-refractivity contribution is -0.274. The van der Waals surface area contributed by atoms with Crippen molar-refractivity contribution in [2.75, 3.05) is 32.7 Å². The van der Waals surface area contributed by atoms with Gasteiger partial charge < -0.3 is 14.7 Å². The number of hydrogen-bond acceptors (Lipinski definition) is 4. The van der Waals surface area contributed by atoms with Crippen molar-refractivity contribution in [3.63, 3.8) is 0 Å². The first kappa shape index (κ1) is 30.7. The van der Waals surface area contributed by atoms with Gasteiger partial charge in [-0.3, -0.25) is 4.90 Å². The van der Waals surface area contributed by atoms with E-state index in [1.165, 1.54) is 12.1 Å². The minimum Gasteiger partial charge on any atom is -0.406 e. The van der Waals surface area contributed by atoms with E-state index >= 15 is 0 Å². The fourth-order valence-electron chi connectivity index (χ4n) is 5.77. The van der Waals surface area contributed by atoms with Gasteiger partial charge in [-0.2, -0.15) is 0 Å². The van der Waals surface area contributed by atoms with Crippen molar-refractivity contribution >= 4 is 24.8 Å². The van der Waals surface area contributed by atoms with Crippen LogP contribution in [0.15, 0.2) is 61.2 Å². The maximum Gasteiger partial charge on any atom is 0.573 e. The molecule has 1 saturated carbocycles. The first-order valence-electron chi connectivity index (χ1n) is 12.3. The Hall–Kier alpha value is -1.51. The van der Waals surface area contributed by atoms with E-state index in [1.807, 2.05) is 12.1 Å². The molecule has 202 valence electrons. The van der Waals surface area contributed by atoms with Crippen LogP contribution in [0.1, 0.15) is 50.0 Å². The number of hydrogen-bond donors (Lipinski definition) is 1. The molecule has 2 fully saturated rings. The lowest BCUT2D eigenvalue weighted by Crippen LogP contribution is -2.57. The molecule has 9 heteroatoms. The van der Waals surface area contributed by atoms with Crippen molar-refractivity contribution in [1.82, 2.24) is 9.80 Å². The maximum absolute atomic E-state index is 12.8. The van der Waals surface area contributed by atoms with Crippen LogP contribution in [-0.2, 0) is 0 Å². The molecule has 1 saturated heterocycles. The Kier molecular flexibility index (Phi) is 10.9. The lowest BCUT2D eigenvalue weighted by atomic mass is 9.72. The highest BCUT2D eigenvalue weighted by molar-refractivity contribution is 5.85. The first-order chi connectivity index (χ1) is 16.2. The molecule has 0 amide bonds. The number of benzene rings is 1. The van der Waals surface area contributed by atoms with Crippen molar-refractivity contribution in [3.8, 4) is 5.75 Å². The van der Waals surface area contributed by atoms with Crippen LogP contribution in [0.5, 0.6) is 5.75 Å². The molecule has 1 aromatic carbocycles. The number of allylic oxidation sites excluding steroid dienone is 2. The topological polar surface area (TPSA) is 35.9 Å². The Balaban J connectivity index is 0.00000228. The molecular weight excluding hydrogens is 512 g/mol. The summed E-state index contributed by atoms with van der Waals surface area (Å²) < 4.78 is 42.7. The highest BCUT2D eigenvalue weighted by Crippen LogP contribution is 2.42. The van der Waals surface area contributed by atoms with E-state index in [1.54, 1.807) is 6.07 Å². The standard InChI is InChI=1S/C27H35F3N2O2.2ClH/c1-2-25(12-5-3-6-13-25)32-18-16-31(17-19-32)21-24(26(33)14-7-4-8-15-26)22-10-9-11-23(20-22)34-27(28,29)30;;/h2-3,5-6,9-12,20,24,33H,1,4,7-8,13-19,21H2;2*1H/t24?,25-;;/m1../s1. The van der Waals surface area contributed by atoms with Crippen LogP contribution in [0.3, 0.4) is 0 Å². The second-order valence-corrected chi connectivity index (χ2v) is 9.81. The smallest absolute Gasteiger partial charge is 0.406 e. The van der Waals surface area contributed by atoms with Crippen LogP contribution >= 0.6 is 24.8 Å². The maximum atomic E-state index is 12.8. The van der Waals surface area contributed by atoms with Crippen LogP contribution < -0.4 is 4.74 Å². The summed E-state index contributed by atoms with van der Waals surface area (Å²) in [6.07, 6.45) is 11.0. The lowest BCUT2D eigenvalue weighted by Gasteiger charge is -2.47. The third-order valence-electron chi connectivity index (χ3n) is 7.69. The Morgan fingerprint density at radius 3 is 2.33 bits per heavy atom. The van der Waals surface area contributed by atoms with Crippen LogP contribution in [0.25, 0.3) is 0 Å². The van der Waals surface area contributed by atoms with Gasteiger partial charge in [0.1, 0.15) is 5.75 Å². The molecule has 0 bridgehead atoms. The van der Waals surface area contributed by atoms with Crippen molar-refractivity contribution in [2.24, 2.45) is 0 Å². The molecule has 1 aliphatic heterocycles. The molecule has 1 unspecified atom stereocenters. The van der Waals surface area contributed by atoms with Gasteiger partial charge in [-0.05, 0) is 37.0 Å². The summed E-state index contributed by atoms with van der Waals surface area (Å²) in [5.41, 5.74) is -0.382. The average molecular weight is 550 g/mol. The fourth-order valence-corrected chi connectivity index (χ4v) is 5.77. The molecule has 0 aromatic heterocycles. The largest absolute Gasteiger partial charge is 0.573 e. The Morgan fingerprint density at radius 1 is 1.06 bits per heavy atom. The van der Waals surface area contributed by atoms with Gasteiger partial charge in [0.05, 0.1) is 11.1 Å². The first-order valence-corrected chi connectivity index (χ1v) is 12.3. The van der Waals surface area contributed by atoms with Crippen molar-refractivity contribution in [2.45, 2.75) is 61.9 Å². The predicted molar refractivity (Wildman–Crippen MR) is 142 cm³/mol. The number of piperazine rings is 1. The summed E-state index contributed by atoms with van der Waals surface area (Å²) >= 11 is 0. The number of rotatable bonds is 7. The number of aliphatic hydroxyl groups is 1.